The third-order valence-corrected chi connectivity index (χ3v) is 9.51. The minimum Gasteiger partial charge on any atom is -0.461 e. The summed E-state index contributed by atoms with van der Waals surface area (Å²) >= 11 is 0. The first-order valence-corrected chi connectivity index (χ1v) is 15.6. The first kappa shape index (κ1) is 32.8. The number of hydrogen-bond acceptors (Lipinski definition) is 6. The second-order valence-electron chi connectivity index (χ2n) is 10.4. The van der Waals surface area contributed by atoms with E-state index in [1.54, 1.807) is 31.3 Å². The number of carbonyl (C=O) groups is 1. The summed E-state index contributed by atoms with van der Waals surface area (Å²) in [5, 5.41) is 3.56. The summed E-state index contributed by atoms with van der Waals surface area (Å²) in [6.07, 6.45) is 2.30. The fourth-order valence-electron chi connectivity index (χ4n) is 5.38. The van der Waals surface area contributed by atoms with Gasteiger partial charge in [0.05, 0.1) is 17.0 Å². The topological polar surface area (TPSA) is 79.0 Å². The van der Waals surface area contributed by atoms with Crippen molar-refractivity contribution >= 4 is 28.4 Å². The zero-order chi connectivity index (χ0) is 28.4. The van der Waals surface area contributed by atoms with Crippen LogP contribution in [0.2, 0.25) is 0 Å². The number of carbonyl (C=O) groups excluding carboxylic acids is 1. The highest BCUT2D eigenvalue weighted by atomic mass is 35.5. The van der Waals surface area contributed by atoms with Gasteiger partial charge in [-0.05, 0) is 55.0 Å². The number of rotatable bonds is 13. The molecule has 0 aromatic heterocycles. The van der Waals surface area contributed by atoms with Crippen LogP contribution in [0.1, 0.15) is 43.2 Å². The van der Waals surface area contributed by atoms with Gasteiger partial charge in [0.1, 0.15) is 6.61 Å². The van der Waals surface area contributed by atoms with Crippen molar-refractivity contribution in [2.75, 3.05) is 33.2 Å². The number of benzene rings is 3. The third kappa shape index (κ3) is 9.12. The molecule has 4 rings (SSSR count). The van der Waals surface area contributed by atoms with Crippen LogP contribution in [0.5, 0.6) is 0 Å². The van der Waals surface area contributed by atoms with E-state index in [-0.39, 0.29) is 36.4 Å². The van der Waals surface area contributed by atoms with Crippen LogP contribution in [0.25, 0.3) is 0 Å². The Balaban J connectivity index is 0.00000462. The molecule has 3 aromatic rings. The molecule has 1 fully saturated rings. The van der Waals surface area contributed by atoms with E-state index in [2.05, 4.69) is 29.3 Å². The summed E-state index contributed by atoms with van der Waals surface area (Å²) in [6.45, 7) is 5.13. The highest BCUT2D eigenvalue weighted by molar-refractivity contribution is 7.89. The van der Waals surface area contributed by atoms with Crippen LogP contribution < -0.4 is 5.32 Å². The Bertz CT molecular complexity index is 1300. The number of esters is 1. The van der Waals surface area contributed by atoms with Gasteiger partial charge in [-0.1, -0.05) is 85.8 Å². The zero-order valence-corrected chi connectivity index (χ0v) is 25.5. The van der Waals surface area contributed by atoms with Gasteiger partial charge in [-0.3, -0.25) is 9.69 Å². The van der Waals surface area contributed by atoms with E-state index < -0.39 is 10.0 Å². The van der Waals surface area contributed by atoms with E-state index in [1.165, 1.54) is 4.31 Å². The van der Waals surface area contributed by atoms with Crippen LogP contribution in [0.4, 0.5) is 0 Å². The molecule has 0 spiro atoms. The second-order valence-corrected chi connectivity index (χ2v) is 12.5. The van der Waals surface area contributed by atoms with E-state index in [0.29, 0.717) is 24.5 Å². The van der Waals surface area contributed by atoms with Crippen molar-refractivity contribution in [3.63, 3.8) is 0 Å². The lowest BCUT2D eigenvalue weighted by Gasteiger charge is -2.40. The minimum absolute atomic E-state index is 0. The summed E-state index contributed by atoms with van der Waals surface area (Å²) in [5.41, 5.74) is 2.11. The molecule has 1 heterocycles. The van der Waals surface area contributed by atoms with Crippen LogP contribution in [0.3, 0.4) is 0 Å². The lowest BCUT2D eigenvalue weighted by atomic mass is 9.92. The Morgan fingerprint density at radius 2 is 1.61 bits per heavy atom. The maximum atomic E-state index is 13.2. The maximum Gasteiger partial charge on any atom is 0.309 e. The van der Waals surface area contributed by atoms with Crippen LogP contribution >= 0.6 is 12.4 Å². The molecule has 1 aliphatic heterocycles. The van der Waals surface area contributed by atoms with Gasteiger partial charge >= 0.3 is 5.97 Å². The van der Waals surface area contributed by atoms with E-state index in [1.807, 2.05) is 54.6 Å². The predicted molar refractivity (Wildman–Crippen MR) is 165 cm³/mol. The minimum atomic E-state index is -3.59. The first-order valence-electron chi connectivity index (χ1n) is 14.1. The predicted octanol–water partition coefficient (Wildman–Crippen LogP) is 5.29. The SMILES string of the molecule is CCN[C@H]1C[C@@H](C(=O)OCc2ccccc2)CCN1CCC(CN(C)S(=O)(=O)c1ccccc1)c1ccccc1.Cl. The molecule has 41 heavy (non-hydrogen) atoms. The van der Waals surface area contributed by atoms with Gasteiger partial charge in [0.25, 0.3) is 0 Å². The molecule has 0 bridgehead atoms. The number of likely N-dealkylation sites (tertiary alicyclic amines) is 1. The molecular weight excluding hydrogens is 558 g/mol. The number of hydrogen-bond donors (Lipinski definition) is 1. The number of likely N-dealkylation sites (N-methyl/N-ethyl adjacent to an activating group) is 1. The van der Waals surface area contributed by atoms with Crippen molar-refractivity contribution in [1.82, 2.24) is 14.5 Å². The third-order valence-electron chi connectivity index (χ3n) is 7.67. The number of halogens is 1. The zero-order valence-electron chi connectivity index (χ0n) is 23.9. The maximum absolute atomic E-state index is 13.2. The molecular formula is C32H42ClN3O4S. The molecule has 1 unspecified atom stereocenters. The molecule has 1 saturated heterocycles. The second kappa shape index (κ2) is 16.0. The molecule has 1 aliphatic rings. The van der Waals surface area contributed by atoms with Gasteiger partial charge in [0.2, 0.25) is 10.0 Å². The normalized spacial score (nSPS) is 18.4. The lowest BCUT2D eigenvalue weighted by molar-refractivity contribution is -0.152. The lowest BCUT2D eigenvalue weighted by Crippen LogP contribution is -2.52. The summed E-state index contributed by atoms with van der Waals surface area (Å²) in [6, 6.07) is 28.5. The largest absolute Gasteiger partial charge is 0.461 e. The van der Waals surface area contributed by atoms with Crippen molar-refractivity contribution in [2.45, 2.75) is 49.8 Å². The quantitative estimate of drug-likeness (QED) is 0.269. The monoisotopic (exact) mass is 599 g/mol. The van der Waals surface area contributed by atoms with E-state index in [0.717, 1.165) is 43.6 Å². The molecule has 0 amide bonds. The smallest absolute Gasteiger partial charge is 0.309 e. The molecule has 222 valence electrons. The van der Waals surface area contributed by atoms with Crippen LogP contribution in [0.15, 0.2) is 95.9 Å². The highest BCUT2D eigenvalue weighted by Gasteiger charge is 2.33. The Kier molecular flexibility index (Phi) is 12.8. The van der Waals surface area contributed by atoms with Gasteiger partial charge in [0.15, 0.2) is 0 Å². The molecule has 3 aromatic carbocycles. The molecule has 9 heteroatoms. The van der Waals surface area contributed by atoms with Gasteiger partial charge < -0.3 is 10.1 Å². The number of nitrogens with zero attached hydrogens (tertiary/aromatic N) is 2. The summed E-state index contributed by atoms with van der Waals surface area (Å²) in [7, 11) is -1.93. The number of ether oxygens (including phenoxy) is 1. The molecule has 3 atom stereocenters. The number of nitrogens with one attached hydrogen (secondary N) is 1. The summed E-state index contributed by atoms with van der Waals surface area (Å²) in [4.78, 5) is 15.6. The van der Waals surface area contributed by atoms with Crippen LogP contribution in [0, 0.1) is 5.92 Å². The molecule has 0 aliphatic carbocycles. The van der Waals surface area contributed by atoms with Crippen molar-refractivity contribution in [2.24, 2.45) is 5.92 Å². The average Bonchev–Trinajstić information content (AvgIpc) is 2.99. The highest BCUT2D eigenvalue weighted by Crippen LogP contribution is 2.28. The van der Waals surface area contributed by atoms with Gasteiger partial charge in [-0.2, -0.15) is 0 Å². The Morgan fingerprint density at radius 3 is 2.24 bits per heavy atom. The summed E-state index contributed by atoms with van der Waals surface area (Å²) in [5.74, 6) is -0.252. The van der Waals surface area contributed by atoms with Crippen LogP contribution in [-0.2, 0) is 26.2 Å². The Morgan fingerprint density at radius 1 is 1.00 bits per heavy atom. The number of sulfonamides is 1. The van der Waals surface area contributed by atoms with Crippen LogP contribution in [-0.4, -0.2) is 63.0 Å². The summed E-state index contributed by atoms with van der Waals surface area (Å²) < 4.78 is 33.6. The Labute approximate surface area is 251 Å². The average molecular weight is 600 g/mol. The number of piperidine rings is 1. The fourth-order valence-corrected chi connectivity index (χ4v) is 6.62. The first-order chi connectivity index (χ1) is 19.4. The molecule has 0 saturated carbocycles. The van der Waals surface area contributed by atoms with Gasteiger partial charge in [-0.25, -0.2) is 12.7 Å². The van der Waals surface area contributed by atoms with Crippen molar-refractivity contribution in [3.8, 4) is 0 Å². The van der Waals surface area contributed by atoms with E-state index in [4.69, 9.17) is 4.74 Å². The van der Waals surface area contributed by atoms with Crippen molar-refractivity contribution in [3.05, 3.63) is 102 Å². The van der Waals surface area contributed by atoms with Gasteiger partial charge in [0, 0.05) is 26.7 Å². The Hall–Kier alpha value is -2.75. The van der Waals surface area contributed by atoms with E-state index >= 15 is 0 Å². The van der Waals surface area contributed by atoms with Crippen molar-refractivity contribution in [1.29, 1.82) is 0 Å². The molecule has 0 radical (unpaired) electrons. The fraction of sp³-hybridized carbons (Fsp3) is 0.406. The standard InChI is InChI=1S/C32H41N3O4S.ClH/c1-3-33-31-23-28(32(36)39-25-26-13-7-4-8-14-26)19-21-35(31)22-20-29(27-15-9-5-10-16-27)24-34(2)40(37,38)30-17-11-6-12-18-30;/h4-18,28-29,31,33H,3,19-25H2,1-2H3;1H/t28-,29?,31+;/m0./s1. The van der Waals surface area contributed by atoms with Crippen molar-refractivity contribution < 1.29 is 17.9 Å². The molecule has 1 N–H and O–H groups in total. The van der Waals surface area contributed by atoms with E-state index in [9.17, 15) is 13.2 Å². The molecule has 7 nitrogen and oxygen atoms in total. The van der Waals surface area contributed by atoms with Gasteiger partial charge in [-0.15, -0.1) is 12.4 Å².